The lowest BCUT2D eigenvalue weighted by Gasteiger charge is -2.32. The number of benzene rings is 1. The molecular formula is C34H41ClFN5O9S. The number of hydrogen-bond donors (Lipinski definition) is 4. The standard InChI is InChI=1S/C34H41ClFN5O9S/c1-18-6-4-5-7-20-15-34(20,31(44)40-51(47,48)33(36)10-11-33)39-28(42)26-14-22(17-41(26)30(43)27(19(2)12-18)38-32(45)46)50-29-23-9-8-21(49-3)13-24(23)25(35)16-37-29/h5,7-9,13,16,18-20,22,26-27,38H,4,6,10-12,14-15,17H2,1-3H3,(H,39,42)(H,40,44)(H,45,46)/t18-,19-,20-,22-,26+,27+,34-/m1/s1. The van der Waals surface area contributed by atoms with Crippen LogP contribution in [0.5, 0.6) is 11.6 Å². The normalized spacial score (nSPS) is 30.6. The summed E-state index contributed by atoms with van der Waals surface area (Å²) in [5.41, 5.74) is -1.72. The molecule has 7 atom stereocenters. The molecule has 14 nitrogen and oxygen atoms in total. The van der Waals surface area contributed by atoms with Crippen molar-refractivity contribution >= 4 is 56.2 Å². The maximum absolute atomic E-state index is 14.7. The first kappa shape index (κ1) is 36.6. The largest absolute Gasteiger partial charge is 0.497 e. The van der Waals surface area contributed by atoms with Gasteiger partial charge in [-0.05, 0) is 55.7 Å². The minimum absolute atomic E-state index is 0.0520. The van der Waals surface area contributed by atoms with Crippen molar-refractivity contribution < 1.29 is 46.6 Å². The van der Waals surface area contributed by atoms with Gasteiger partial charge in [-0.2, -0.15) is 0 Å². The average molecular weight is 750 g/mol. The van der Waals surface area contributed by atoms with Gasteiger partial charge in [0.15, 0.2) is 0 Å². The Morgan fingerprint density at radius 1 is 1.18 bits per heavy atom. The quantitative estimate of drug-likeness (QED) is 0.304. The van der Waals surface area contributed by atoms with Crippen molar-refractivity contribution in [2.45, 2.75) is 87.5 Å². The summed E-state index contributed by atoms with van der Waals surface area (Å²) in [6, 6.07) is 2.66. The first-order valence-electron chi connectivity index (χ1n) is 16.9. The Labute approximate surface area is 299 Å². The number of allylic oxidation sites excluding steroid dienone is 1. The molecule has 51 heavy (non-hydrogen) atoms. The number of nitrogens with zero attached hydrogens (tertiary/aromatic N) is 2. The average Bonchev–Trinajstić information content (AvgIpc) is 3.96. The molecule has 0 bridgehead atoms. The molecule has 1 saturated heterocycles. The molecule has 17 heteroatoms. The molecule has 3 fully saturated rings. The van der Waals surface area contributed by atoms with E-state index in [1.165, 1.54) is 18.2 Å². The van der Waals surface area contributed by atoms with Gasteiger partial charge in [-0.15, -0.1) is 0 Å². The van der Waals surface area contributed by atoms with E-state index in [1.54, 1.807) is 31.2 Å². The van der Waals surface area contributed by atoms with Crippen LogP contribution in [0, 0.1) is 17.8 Å². The number of methoxy groups -OCH3 is 1. The highest BCUT2D eigenvalue weighted by Crippen LogP contribution is 2.48. The van der Waals surface area contributed by atoms with Crippen LogP contribution >= 0.6 is 11.6 Å². The molecule has 0 radical (unpaired) electrons. The number of carbonyl (C=O) groups is 4. The van der Waals surface area contributed by atoms with Gasteiger partial charge in [-0.1, -0.05) is 37.6 Å². The van der Waals surface area contributed by atoms with Crippen LogP contribution in [0.25, 0.3) is 10.8 Å². The molecule has 1 aromatic carbocycles. The summed E-state index contributed by atoms with van der Waals surface area (Å²) in [5, 5.41) is 13.7. The lowest BCUT2D eigenvalue weighted by Crippen LogP contribution is -2.59. The Morgan fingerprint density at radius 2 is 1.92 bits per heavy atom. The third-order valence-electron chi connectivity index (χ3n) is 10.3. The molecule has 2 aliphatic carbocycles. The molecule has 2 aromatic rings. The maximum Gasteiger partial charge on any atom is 0.405 e. The van der Waals surface area contributed by atoms with Crippen molar-refractivity contribution in [3.8, 4) is 11.6 Å². The van der Waals surface area contributed by atoms with Crippen molar-refractivity contribution in [3.05, 3.63) is 41.6 Å². The van der Waals surface area contributed by atoms with Crippen LogP contribution in [-0.4, -0.2) is 89.6 Å². The zero-order chi connectivity index (χ0) is 36.9. The van der Waals surface area contributed by atoms with Crippen molar-refractivity contribution in [2.75, 3.05) is 13.7 Å². The number of pyridine rings is 1. The monoisotopic (exact) mass is 749 g/mol. The number of carboxylic acid groups (broad SMARTS) is 1. The number of halogens is 2. The predicted octanol–water partition coefficient (Wildman–Crippen LogP) is 3.67. The van der Waals surface area contributed by atoms with Gasteiger partial charge < -0.3 is 30.1 Å². The van der Waals surface area contributed by atoms with E-state index in [2.05, 4.69) is 15.6 Å². The molecule has 2 saturated carbocycles. The Balaban J connectivity index is 1.34. The van der Waals surface area contributed by atoms with Crippen molar-refractivity contribution in [2.24, 2.45) is 17.8 Å². The number of amides is 4. The zero-order valence-electron chi connectivity index (χ0n) is 28.4. The third kappa shape index (κ3) is 7.30. The Kier molecular flexibility index (Phi) is 9.87. The van der Waals surface area contributed by atoms with E-state index in [9.17, 15) is 37.1 Å². The number of alkyl halides is 1. The second-order valence-corrected chi connectivity index (χ2v) is 16.5. The summed E-state index contributed by atoms with van der Waals surface area (Å²) >= 11 is 6.42. The third-order valence-corrected chi connectivity index (χ3v) is 12.5. The van der Waals surface area contributed by atoms with Crippen LogP contribution in [0.1, 0.15) is 58.8 Å². The maximum atomic E-state index is 14.7. The summed E-state index contributed by atoms with van der Waals surface area (Å²) in [4.78, 5) is 59.6. The molecule has 0 unspecified atom stereocenters. The minimum Gasteiger partial charge on any atom is -0.497 e. The molecular weight excluding hydrogens is 709 g/mol. The van der Waals surface area contributed by atoms with Gasteiger partial charge in [0.2, 0.25) is 22.7 Å². The summed E-state index contributed by atoms with van der Waals surface area (Å²) in [6.07, 6.45) is 4.03. The van der Waals surface area contributed by atoms with E-state index in [0.717, 1.165) is 0 Å². The lowest BCUT2D eigenvalue weighted by atomic mass is 9.88. The number of fused-ring (bicyclic) bond motifs is 3. The minimum atomic E-state index is -4.67. The fraction of sp³-hybridized carbons (Fsp3) is 0.559. The van der Waals surface area contributed by atoms with Gasteiger partial charge in [0.05, 0.1) is 24.9 Å². The number of hydrogen-bond acceptors (Lipinski definition) is 9. The lowest BCUT2D eigenvalue weighted by molar-refractivity contribution is -0.142. The first-order valence-corrected chi connectivity index (χ1v) is 18.8. The SMILES string of the molecule is COc1ccc2c(O[C@@H]3C[C@H]4C(=O)N[C@]5(C(=O)NS(=O)(=O)C6(F)CC6)C[C@H]5C=CCC[C@@H](C)C[C@@H](C)[C@H](NC(=O)O)C(=O)N4C3)ncc(Cl)c2c1. The van der Waals surface area contributed by atoms with Crippen molar-refractivity contribution in [3.63, 3.8) is 0 Å². The number of ether oxygens (including phenoxy) is 2. The zero-order valence-corrected chi connectivity index (χ0v) is 29.9. The molecule has 0 spiro atoms. The molecule has 2 aliphatic heterocycles. The second kappa shape index (κ2) is 13.7. The number of carbonyl (C=O) groups excluding carboxylic acids is 3. The second-order valence-electron chi connectivity index (χ2n) is 14.1. The van der Waals surface area contributed by atoms with Gasteiger partial charge in [-0.3, -0.25) is 14.4 Å². The number of sulfonamides is 1. The van der Waals surface area contributed by atoms with Crippen LogP contribution in [0.4, 0.5) is 9.18 Å². The van der Waals surface area contributed by atoms with Crippen molar-refractivity contribution in [1.82, 2.24) is 25.2 Å². The molecule has 4 N–H and O–H groups in total. The number of rotatable bonds is 7. The summed E-state index contributed by atoms with van der Waals surface area (Å²) in [6.45, 7) is 3.62. The smallest absolute Gasteiger partial charge is 0.405 e. The van der Waals surface area contributed by atoms with Gasteiger partial charge in [0.25, 0.3) is 15.9 Å². The van der Waals surface area contributed by atoms with Gasteiger partial charge in [-0.25, -0.2) is 27.3 Å². The highest BCUT2D eigenvalue weighted by Gasteiger charge is 2.64. The van der Waals surface area contributed by atoms with E-state index in [-0.39, 0.29) is 44.0 Å². The van der Waals surface area contributed by atoms with E-state index in [0.29, 0.717) is 40.8 Å². The molecule has 6 rings (SSSR count). The van der Waals surface area contributed by atoms with E-state index >= 15 is 0 Å². The van der Waals surface area contributed by atoms with Crippen LogP contribution in [0.2, 0.25) is 5.02 Å². The molecule has 1 aromatic heterocycles. The Morgan fingerprint density at radius 3 is 2.61 bits per heavy atom. The van der Waals surface area contributed by atoms with Crippen LogP contribution < -0.4 is 24.8 Å². The van der Waals surface area contributed by atoms with E-state index < -0.39 is 74.4 Å². The predicted molar refractivity (Wildman–Crippen MR) is 183 cm³/mol. The van der Waals surface area contributed by atoms with E-state index in [4.69, 9.17) is 21.1 Å². The number of nitrogens with one attached hydrogen (secondary N) is 3. The molecule has 3 heterocycles. The van der Waals surface area contributed by atoms with Crippen LogP contribution in [0.3, 0.4) is 0 Å². The highest BCUT2D eigenvalue weighted by atomic mass is 35.5. The Hall–Kier alpha value is -4.18. The van der Waals surface area contributed by atoms with Gasteiger partial charge >= 0.3 is 6.09 Å². The highest BCUT2D eigenvalue weighted by molar-refractivity contribution is 7.91. The number of aromatic nitrogens is 1. The van der Waals surface area contributed by atoms with Gasteiger partial charge in [0.1, 0.15) is 29.5 Å². The van der Waals surface area contributed by atoms with Crippen molar-refractivity contribution in [1.29, 1.82) is 0 Å². The topological polar surface area (TPSA) is 193 Å². The molecule has 4 aliphatic rings. The molecule has 276 valence electrons. The molecule has 4 amide bonds. The van der Waals surface area contributed by atoms with E-state index in [1.807, 2.05) is 17.7 Å². The summed E-state index contributed by atoms with van der Waals surface area (Å²) in [5.74, 6) is -2.75. The van der Waals surface area contributed by atoms with Crippen LogP contribution in [-0.2, 0) is 24.4 Å². The fourth-order valence-electron chi connectivity index (χ4n) is 7.16. The first-order chi connectivity index (χ1) is 24.1. The van der Waals surface area contributed by atoms with Gasteiger partial charge in [0, 0.05) is 36.0 Å². The van der Waals surface area contributed by atoms with Crippen LogP contribution in [0.15, 0.2) is 36.5 Å². The summed E-state index contributed by atoms with van der Waals surface area (Å²) < 4.78 is 53.6. The fourth-order valence-corrected chi connectivity index (χ4v) is 8.61. The Bertz CT molecular complexity index is 1890. The summed E-state index contributed by atoms with van der Waals surface area (Å²) in [7, 11) is -3.16.